The molecule has 12 heteroatoms. The Bertz CT molecular complexity index is 1240. The number of likely N-dealkylation sites (N-methyl/N-ethyl adjacent to an activating group) is 1. The molecule has 284 valence electrons. The van der Waals surface area contributed by atoms with Crippen LogP contribution in [-0.2, 0) is 28.7 Å². The van der Waals surface area contributed by atoms with Gasteiger partial charge >= 0.3 is 0 Å². The van der Waals surface area contributed by atoms with E-state index in [0.29, 0.717) is 18.5 Å². The number of nitrogens with one attached hydrogen (secondary N) is 2. The maximum atomic E-state index is 14.1. The van der Waals surface area contributed by atoms with Crippen LogP contribution < -0.4 is 16.4 Å². The number of methoxy groups -OCH3 is 2. The fourth-order valence-electron chi connectivity index (χ4n) is 7.14. The van der Waals surface area contributed by atoms with Gasteiger partial charge in [0.25, 0.3) is 0 Å². The number of hydrogen-bond donors (Lipinski definition) is 4. The van der Waals surface area contributed by atoms with Gasteiger partial charge in [0.15, 0.2) is 0 Å². The number of likely N-dealkylation sites (tertiary alicyclic amines) is 1. The highest BCUT2D eigenvalue weighted by atomic mass is 16.5. The van der Waals surface area contributed by atoms with E-state index < -0.39 is 53.8 Å². The smallest absolute Gasteiger partial charge is 0.245 e. The van der Waals surface area contributed by atoms with E-state index in [1.54, 1.807) is 58.8 Å². The van der Waals surface area contributed by atoms with Gasteiger partial charge in [0.05, 0.1) is 54.3 Å². The fraction of sp³-hybridized carbons (Fsp3) is 0.737. The Morgan fingerprint density at radius 3 is 2.12 bits per heavy atom. The third-order valence-corrected chi connectivity index (χ3v) is 10.4. The number of nitrogens with two attached hydrogens (primary N) is 1. The van der Waals surface area contributed by atoms with Crippen molar-refractivity contribution in [1.82, 2.24) is 20.4 Å². The Hall–Kier alpha value is -3.06. The van der Waals surface area contributed by atoms with Gasteiger partial charge in [-0.3, -0.25) is 19.2 Å². The summed E-state index contributed by atoms with van der Waals surface area (Å²) in [5.74, 6) is -1.90. The average Bonchev–Trinajstić information content (AvgIpc) is 3.57. The lowest BCUT2D eigenvalue weighted by Crippen LogP contribution is -2.60. The second-order valence-corrected chi connectivity index (χ2v) is 14.8. The molecule has 8 atom stereocenters. The molecule has 1 aromatic rings. The fourth-order valence-corrected chi connectivity index (χ4v) is 7.14. The molecule has 0 aliphatic carbocycles. The second-order valence-electron chi connectivity index (χ2n) is 14.8. The van der Waals surface area contributed by atoms with Crippen LogP contribution in [0.2, 0.25) is 0 Å². The summed E-state index contributed by atoms with van der Waals surface area (Å²) in [5.41, 5.74) is 5.58. The number of nitrogens with zero attached hydrogens (tertiary/aromatic N) is 2. The highest BCUT2D eigenvalue weighted by Gasteiger charge is 2.43. The first-order valence-corrected chi connectivity index (χ1v) is 18.2. The number of aliphatic hydroxyl groups is 1. The predicted molar refractivity (Wildman–Crippen MR) is 195 cm³/mol. The van der Waals surface area contributed by atoms with E-state index in [0.717, 1.165) is 19.3 Å². The zero-order valence-corrected chi connectivity index (χ0v) is 32.3. The van der Waals surface area contributed by atoms with Gasteiger partial charge in [0, 0.05) is 27.8 Å². The second kappa shape index (κ2) is 19.5. The van der Waals surface area contributed by atoms with Crippen LogP contribution in [0.5, 0.6) is 0 Å². The molecule has 0 spiro atoms. The van der Waals surface area contributed by atoms with Crippen LogP contribution in [0.15, 0.2) is 30.3 Å². The van der Waals surface area contributed by atoms with Crippen molar-refractivity contribution in [2.24, 2.45) is 23.5 Å². The van der Waals surface area contributed by atoms with Gasteiger partial charge < -0.3 is 40.7 Å². The van der Waals surface area contributed by atoms with Gasteiger partial charge in [-0.25, -0.2) is 0 Å². The van der Waals surface area contributed by atoms with Crippen molar-refractivity contribution in [2.45, 2.75) is 136 Å². The molecular weight excluding hydrogens is 638 g/mol. The largest absolute Gasteiger partial charge is 0.386 e. The molecule has 1 heterocycles. The molecule has 4 amide bonds. The van der Waals surface area contributed by atoms with Gasteiger partial charge in [-0.15, -0.1) is 0 Å². The number of carbonyl (C=O) groups is 4. The third kappa shape index (κ3) is 11.0. The first-order chi connectivity index (χ1) is 23.4. The molecule has 0 radical (unpaired) electrons. The topological polar surface area (TPSA) is 164 Å². The lowest BCUT2D eigenvalue weighted by Gasteiger charge is -2.41. The van der Waals surface area contributed by atoms with Crippen LogP contribution in [0, 0.1) is 17.8 Å². The number of amides is 4. The Morgan fingerprint density at radius 1 is 1.02 bits per heavy atom. The Labute approximate surface area is 300 Å². The molecule has 0 unspecified atom stereocenters. The van der Waals surface area contributed by atoms with Crippen molar-refractivity contribution >= 4 is 23.6 Å². The van der Waals surface area contributed by atoms with E-state index >= 15 is 0 Å². The summed E-state index contributed by atoms with van der Waals surface area (Å²) in [6, 6.07) is 7.03. The molecule has 0 bridgehead atoms. The quantitative estimate of drug-likeness (QED) is 0.170. The number of benzene rings is 1. The zero-order chi connectivity index (χ0) is 37.9. The van der Waals surface area contributed by atoms with E-state index in [1.807, 2.05) is 44.2 Å². The molecule has 12 nitrogen and oxygen atoms in total. The summed E-state index contributed by atoms with van der Waals surface area (Å²) < 4.78 is 11.9. The van der Waals surface area contributed by atoms with Crippen molar-refractivity contribution in [3.63, 3.8) is 0 Å². The zero-order valence-electron chi connectivity index (χ0n) is 32.3. The molecule has 1 aromatic carbocycles. The minimum atomic E-state index is -1.16. The van der Waals surface area contributed by atoms with Crippen LogP contribution >= 0.6 is 0 Å². The first kappa shape index (κ1) is 43.1. The predicted octanol–water partition coefficient (Wildman–Crippen LogP) is 3.41. The first-order valence-electron chi connectivity index (χ1n) is 18.2. The van der Waals surface area contributed by atoms with E-state index in [4.69, 9.17) is 15.2 Å². The lowest BCUT2D eigenvalue weighted by molar-refractivity contribution is -0.148. The molecule has 2 rings (SSSR count). The molecule has 50 heavy (non-hydrogen) atoms. The monoisotopic (exact) mass is 703 g/mol. The van der Waals surface area contributed by atoms with Crippen LogP contribution in [0.4, 0.5) is 0 Å². The molecule has 1 saturated heterocycles. The van der Waals surface area contributed by atoms with Crippen LogP contribution in [0.3, 0.4) is 0 Å². The van der Waals surface area contributed by atoms with Crippen molar-refractivity contribution < 1.29 is 33.8 Å². The van der Waals surface area contributed by atoms with Gasteiger partial charge in [-0.2, -0.15) is 0 Å². The summed E-state index contributed by atoms with van der Waals surface area (Å²) in [4.78, 5) is 57.9. The van der Waals surface area contributed by atoms with Crippen LogP contribution in [-0.4, -0.2) is 108 Å². The minimum Gasteiger partial charge on any atom is -0.386 e. The maximum Gasteiger partial charge on any atom is 0.245 e. The van der Waals surface area contributed by atoms with Crippen LogP contribution in [0.1, 0.15) is 99.2 Å². The summed E-state index contributed by atoms with van der Waals surface area (Å²) in [7, 11) is 4.82. The highest BCUT2D eigenvalue weighted by molar-refractivity contribution is 5.91. The van der Waals surface area contributed by atoms with Gasteiger partial charge in [0.2, 0.25) is 23.6 Å². The average molecular weight is 704 g/mol. The SMILES string of the molecule is CCC(CC)[C@@H]([C@@H](CC(=O)N1CCC[C@H]1[C@H](OC)[C@@H](C)C(=O)N[C@H](C)[C@@H](O)c1ccccc1)OC)N(C)C(=O)[C@@H](NC(=O)C(C)(C)N)C(C)C. The molecule has 5 N–H and O–H groups in total. The number of hydrogen-bond acceptors (Lipinski definition) is 8. The molecule has 1 aliphatic heterocycles. The van der Waals surface area contributed by atoms with Gasteiger partial charge in [0.1, 0.15) is 6.04 Å². The minimum absolute atomic E-state index is 0.0224. The van der Waals surface area contributed by atoms with E-state index in [9.17, 15) is 24.3 Å². The molecular formula is C38H65N5O7. The molecule has 0 aromatic heterocycles. The number of aliphatic hydroxyl groups excluding tert-OH is 1. The number of ether oxygens (including phenoxy) is 2. The standard InChI is InChI=1S/C38H65N5O7/c1-12-26(13-2)32(42(9)36(47)31(23(3)4)41-37(48)38(7,8)39)29(49-10)22-30(44)43-21-17-20-28(43)34(50-11)24(5)35(46)40-25(6)33(45)27-18-15-14-16-19-27/h14-16,18-19,23-26,28-29,31-34,45H,12-13,17,20-22,39H2,1-11H3,(H,40,46)(H,41,48)/t24-,25-,28+,29-,31+,32+,33-,34-/m1/s1. The summed E-state index contributed by atoms with van der Waals surface area (Å²) in [6.07, 6.45) is 0.876. The van der Waals surface area contributed by atoms with E-state index in [2.05, 4.69) is 24.5 Å². The Morgan fingerprint density at radius 2 is 1.62 bits per heavy atom. The van der Waals surface area contributed by atoms with Crippen molar-refractivity contribution in [1.29, 1.82) is 0 Å². The Balaban J connectivity index is 2.27. The normalized spacial score (nSPS) is 19.3. The lowest BCUT2D eigenvalue weighted by atomic mass is 9.86. The third-order valence-electron chi connectivity index (χ3n) is 10.4. The van der Waals surface area contributed by atoms with Gasteiger partial charge in [-0.1, -0.05) is 77.8 Å². The molecule has 1 fully saturated rings. The van der Waals surface area contributed by atoms with Crippen molar-refractivity contribution in [3.05, 3.63) is 35.9 Å². The summed E-state index contributed by atoms with van der Waals surface area (Å²) in [6.45, 7) is 15.1. The highest BCUT2D eigenvalue weighted by Crippen LogP contribution is 2.30. The van der Waals surface area contributed by atoms with Crippen molar-refractivity contribution in [2.75, 3.05) is 27.8 Å². The van der Waals surface area contributed by atoms with E-state index in [-0.39, 0.29) is 42.0 Å². The Kier molecular flexibility index (Phi) is 16.8. The number of rotatable bonds is 19. The van der Waals surface area contributed by atoms with Crippen LogP contribution in [0.25, 0.3) is 0 Å². The number of carbonyl (C=O) groups excluding carboxylic acids is 4. The maximum absolute atomic E-state index is 14.1. The van der Waals surface area contributed by atoms with Crippen molar-refractivity contribution in [3.8, 4) is 0 Å². The van der Waals surface area contributed by atoms with Gasteiger partial charge in [-0.05, 0) is 51.0 Å². The molecule has 1 aliphatic rings. The summed E-state index contributed by atoms with van der Waals surface area (Å²) >= 11 is 0. The molecule has 0 saturated carbocycles. The summed E-state index contributed by atoms with van der Waals surface area (Å²) in [5, 5.41) is 16.6. The van der Waals surface area contributed by atoms with E-state index in [1.165, 1.54) is 0 Å².